The first kappa shape index (κ1) is 16.7. The predicted molar refractivity (Wildman–Crippen MR) is 91.5 cm³/mol. The number of aryl methyl sites for hydroxylation is 2. The fourth-order valence-corrected chi connectivity index (χ4v) is 2.46. The van der Waals surface area contributed by atoms with E-state index >= 15 is 0 Å². The molecule has 0 aromatic carbocycles. The maximum Gasteiger partial charge on any atom is 0.156 e. The van der Waals surface area contributed by atoms with Gasteiger partial charge >= 0.3 is 0 Å². The molecule has 0 saturated carbocycles. The first-order valence-corrected chi connectivity index (χ1v) is 8.07. The molecular weight excluding hydrogens is 276 g/mol. The first-order valence-electron chi connectivity index (χ1n) is 8.07. The van der Waals surface area contributed by atoms with Crippen LogP contribution in [0.2, 0.25) is 0 Å². The van der Waals surface area contributed by atoms with Crippen LogP contribution in [-0.4, -0.2) is 51.8 Å². The molecule has 2 rings (SSSR count). The van der Waals surface area contributed by atoms with Gasteiger partial charge in [-0.2, -0.15) is 5.10 Å². The zero-order valence-corrected chi connectivity index (χ0v) is 14.6. The maximum absolute atomic E-state index is 4.74. The van der Waals surface area contributed by atoms with Gasteiger partial charge in [-0.15, -0.1) is 0 Å². The molecule has 2 aromatic heterocycles. The highest BCUT2D eigenvalue weighted by molar-refractivity contribution is 5.87. The Morgan fingerprint density at radius 1 is 1.23 bits per heavy atom. The zero-order chi connectivity index (χ0) is 16.3. The van der Waals surface area contributed by atoms with E-state index in [1.807, 2.05) is 11.6 Å². The molecule has 0 aliphatic carbocycles. The van der Waals surface area contributed by atoms with Gasteiger partial charge in [-0.1, -0.05) is 13.8 Å². The molecule has 2 heterocycles. The van der Waals surface area contributed by atoms with E-state index in [9.17, 15) is 0 Å². The second-order valence-corrected chi connectivity index (χ2v) is 6.27. The van der Waals surface area contributed by atoms with E-state index in [1.54, 1.807) is 0 Å². The summed E-state index contributed by atoms with van der Waals surface area (Å²) in [6, 6.07) is 0. The summed E-state index contributed by atoms with van der Waals surface area (Å²) in [5, 5.41) is 8.08. The van der Waals surface area contributed by atoms with Crippen LogP contribution >= 0.6 is 0 Å². The van der Waals surface area contributed by atoms with Gasteiger partial charge in [0.15, 0.2) is 5.82 Å². The van der Waals surface area contributed by atoms with Gasteiger partial charge in [0, 0.05) is 19.0 Å². The van der Waals surface area contributed by atoms with Crippen molar-refractivity contribution < 1.29 is 0 Å². The molecule has 0 aliphatic rings. The summed E-state index contributed by atoms with van der Waals surface area (Å²) in [6.07, 6.45) is 1.08. The van der Waals surface area contributed by atoms with Crippen molar-refractivity contribution in [2.75, 3.05) is 32.5 Å². The Bertz CT molecular complexity index is 629. The third-order valence-electron chi connectivity index (χ3n) is 3.66. The molecule has 0 amide bonds. The van der Waals surface area contributed by atoms with Gasteiger partial charge in [0.2, 0.25) is 0 Å². The minimum Gasteiger partial charge on any atom is -0.368 e. The monoisotopic (exact) mass is 304 g/mol. The van der Waals surface area contributed by atoms with Crippen LogP contribution in [0.1, 0.15) is 44.6 Å². The molecule has 0 fully saturated rings. The number of hydrogen-bond donors (Lipinski definition) is 1. The van der Waals surface area contributed by atoms with Crippen molar-refractivity contribution >= 4 is 16.9 Å². The van der Waals surface area contributed by atoms with Gasteiger partial charge in [0.25, 0.3) is 0 Å². The highest BCUT2D eigenvalue weighted by atomic mass is 15.3. The second kappa shape index (κ2) is 7.05. The van der Waals surface area contributed by atoms with Crippen molar-refractivity contribution in [3.05, 3.63) is 11.5 Å². The minimum atomic E-state index is 0.302. The van der Waals surface area contributed by atoms with Gasteiger partial charge in [-0.25, -0.2) is 9.97 Å². The summed E-state index contributed by atoms with van der Waals surface area (Å²) in [5.74, 6) is 2.09. The van der Waals surface area contributed by atoms with Crippen LogP contribution in [0.3, 0.4) is 0 Å². The lowest BCUT2D eigenvalue weighted by Crippen LogP contribution is -2.17. The number of rotatable bonds is 7. The number of hydrogen-bond acceptors (Lipinski definition) is 5. The summed E-state index contributed by atoms with van der Waals surface area (Å²) in [7, 11) is 4.19. The Kier molecular flexibility index (Phi) is 5.34. The number of fused-ring (bicyclic) bond motifs is 1. The fraction of sp³-hybridized carbons (Fsp3) is 0.688. The minimum absolute atomic E-state index is 0.302. The summed E-state index contributed by atoms with van der Waals surface area (Å²) in [6.45, 7) is 11.1. The molecule has 0 unspecified atom stereocenters. The lowest BCUT2D eigenvalue weighted by atomic mass is 10.2. The Balaban J connectivity index is 2.36. The van der Waals surface area contributed by atoms with Crippen molar-refractivity contribution in [2.24, 2.45) is 0 Å². The molecule has 122 valence electrons. The molecule has 6 nitrogen and oxygen atoms in total. The lowest BCUT2D eigenvalue weighted by molar-refractivity contribution is 0.405. The van der Waals surface area contributed by atoms with Gasteiger partial charge < -0.3 is 10.2 Å². The van der Waals surface area contributed by atoms with Crippen LogP contribution in [0.25, 0.3) is 11.0 Å². The van der Waals surface area contributed by atoms with Crippen LogP contribution in [0.5, 0.6) is 0 Å². The summed E-state index contributed by atoms with van der Waals surface area (Å²) in [5.41, 5.74) is 2.96. The highest BCUT2D eigenvalue weighted by Gasteiger charge is 2.17. The molecular formula is C16H28N6. The summed E-state index contributed by atoms with van der Waals surface area (Å²) >= 11 is 0. The average Bonchev–Trinajstić information content (AvgIpc) is 2.80. The second-order valence-electron chi connectivity index (χ2n) is 6.27. The third-order valence-corrected chi connectivity index (χ3v) is 3.66. The van der Waals surface area contributed by atoms with Gasteiger partial charge in [0.05, 0.1) is 5.69 Å². The number of anilines is 1. The van der Waals surface area contributed by atoms with E-state index in [1.165, 1.54) is 0 Å². The summed E-state index contributed by atoms with van der Waals surface area (Å²) in [4.78, 5) is 11.7. The average molecular weight is 304 g/mol. The molecule has 1 N–H and O–H groups in total. The van der Waals surface area contributed by atoms with E-state index in [4.69, 9.17) is 9.97 Å². The smallest absolute Gasteiger partial charge is 0.156 e. The van der Waals surface area contributed by atoms with E-state index in [0.29, 0.717) is 5.92 Å². The van der Waals surface area contributed by atoms with Crippen molar-refractivity contribution in [1.82, 2.24) is 24.6 Å². The zero-order valence-electron chi connectivity index (χ0n) is 14.6. The normalized spacial score (nSPS) is 11.8. The Hall–Kier alpha value is -1.69. The van der Waals surface area contributed by atoms with Crippen LogP contribution in [0.4, 0.5) is 5.82 Å². The predicted octanol–water partition coefficient (Wildman–Crippen LogP) is 2.64. The van der Waals surface area contributed by atoms with Crippen molar-refractivity contribution in [1.29, 1.82) is 0 Å². The number of nitrogens with zero attached hydrogens (tertiary/aromatic N) is 5. The van der Waals surface area contributed by atoms with Gasteiger partial charge in [-0.3, -0.25) is 4.68 Å². The fourth-order valence-electron chi connectivity index (χ4n) is 2.46. The largest absolute Gasteiger partial charge is 0.368 e. The third kappa shape index (κ3) is 3.55. The standard InChI is InChI=1S/C16H28N6/c1-7-22-14-13(12(4)20-22)18-15(11(2)3)19-16(14)17-9-8-10-21(5)6/h11H,7-10H2,1-6H3,(H,17,18,19). The van der Waals surface area contributed by atoms with Gasteiger partial charge in [0.1, 0.15) is 16.9 Å². The molecule has 0 bridgehead atoms. The van der Waals surface area contributed by atoms with E-state index in [-0.39, 0.29) is 0 Å². The van der Waals surface area contributed by atoms with Crippen molar-refractivity contribution in [3.63, 3.8) is 0 Å². The lowest BCUT2D eigenvalue weighted by Gasteiger charge is -2.13. The maximum atomic E-state index is 4.74. The molecule has 2 aromatic rings. The molecule has 0 aliphatic heterocycles. The first-order chi connectivity index (χ1) is 10.4. The van der Waals surface area contributed by atoms with Crippen molar-refractivity contribution in [3.8, 4) is 0 Å². The van der Waals surface area contributed by atoms with Crippen LogP contribution < -0.4 is 5.32 Å². The van der Waals surface area contributed by atoms with Crippen LogP contribution in [0.15, 0.2) is 0 Å². The van der Waals surface area contributed by atoms with E-state index in [0.717, 1.165) is 54.4 Å². The van der Waals surface area contributed by atoms with Crippen LogP contribution in [-0.2, 0) is 6.54 Å². The molecule has 0 atom stereocenters. The Labute approximate surface area is 132 Å². The molecule has 22 heavy (non-hydrogen) atoms. The van der Waals surface area contributed by atoms with E-state index in [2.05, 4.69) is 50.2 Å². The molecule has 6 heteroatoms. The SMILES string of the molecule is CCn1nc(C)c2nc(C(C)C)nc(NCCCN(C)C)c21. The number of aromatic nitrogens is 4. The topological polar surface area (TPSA) is 58.9 Å². The molecule has 0 radical (unpaired) electrons. The Morgan fingerprint density at radius 3 is 2.55 bits per heavy atom. The quantitative estimate of drug-likeness (QED) is 0.797. The summed E-state index contributed by atoms with van der Waals surface area (Å²) < 4.78 is 1.99. The van der Waals surface area contributed by atoms with Gasteiger partial charge in [-0.05, 0) is 40.9 Å². The Morgan fingerprint density at radius 2 is 1.95 bits per heavy atom. The van der Waals surface area contributed by atoms with E-state index < -0.39 is 0 Å². The number of nitrogens with one attached hydrogen (secondary N) is 1. The highest BCUT2D eigenvalue weighted by Crippen LogP contribution is 2.25. The van der Waals surface area contributed by atoms with Crippen molar-refractivity contribution in [2.45, 2.75) is 46.6 Å². The van der Waals surface area contributed by atoms with Crippen LogP contribution in [0, 0.1) is 6.92 Å². The molecule has 0 saturated heterocycles. The molecule has 0 spiro atoms.